The van der Waals surface area contributed by atoms with E-state index in [4.69, 9.17) is 0 Å². The number of rotatable bonds is 3. The van der Waals surface area contributed by atoms with Gasteiger partial charge in [0.25, 0.3) is 0 Å². The van der Waals surface area contributed by atoms with E-state index in [1.54, 1.807) is 0 Å². The van der Waals surface area contributed by atoms with Gasteiger partial charge in [0, 0.05) is 10.2 Å². The van der Waals surface area contributed by atoms with E-state index in [-0.39, 0.29) is 4.83 Å². The summed E-state index contributed by atoms with van der Waals surface area (Å²) < 4.78 is 0. The number of hydrogen-bond acceptors (Lipinski definition) is 2. The molecular formula is C3H5Br2NO. The van der Waals surface area contributed by atoms with Crippen LogP contribution in [0.2, 0.25) is 0 Å². The molecule has 0 saturated heterocycles. The fraction of sp³-hybridized carbons (Fsp3) is 1.00. The van der Waals surface area contributed by atoms with E-state index < -0.39 is 0 Å². The van der Waals surface area contributed by atoms with Crippen LogP contribution in [0.4, 0.5) is 0 Å². The van der Waals surface area contributed by atoms with Crippen molar-refractivity contribution < 1.29 is 0 Å². The molecule has 0 saturated carbocycles. The zero-order valence-corrected chi connectivity index (χ0v) is 6.77. The lowest BCUT2D eigenvalue weighted by molar-refractivity contribution is 0.975. The molecule has 0 aliphatic rings. The summed E-state index contributed by atoms with van der Waals surface area (Å²) in [5.41, 5.74) is 0. The highest BCUT2D eigenvalue weighted by atomic mass is 79.9. The van der Waals surface area contributed by atoms with Gasteiger partial charge in [-0.25, -0.2) is 0 Å². The standard InChI is InChI=1S/C3H5Br2NO/c4-1-3(5)2-6-7/h3H,1-2H2. The third kappa shape index (κ3) is 4.41. The largest absolute Gasteiger partial charge is 0.151 e. The van der Waals surface area contributed by atoms with Gasteiger partial charge in [-0.1, -0.05) is 37.0 Å². The summed E-state index contributed by atoms with van der Waals surface area (Å²) in [5.74, 6) is 0. The van der Waals surface area contributed by atoms with E-state index in [1.165, 1.54) is 0 Å². The van der Waals surface area contributed by atoms with E-state index in [0.717, 1.165) is 5.33 Å². The van der Waals surface area contributed by atoms with Crippen molar-refractivity contribution in [3.63, 3.8) is 0 Å². The van der Waals surface area contributed by atoms with Gasteiger partial charge >= 0.3 is 0 Å². The molecule has 2 nitrogen and oxygen atoms in total. The predicted octanol–water partition coefficient (Wildman–Crippen LogP) is 1.91. The van der Waals surface area contributed by atoms with Gasteiger partial charge in [-0.2, -0.15) is 4.91 Å². The van der Waals surface area contributed by atoms with Crippen molar-refractivity contribution in [1.82, 2.24) is 0 Å². The fourth-order valence-corrected chi connectivity index (χ4v) is 0.453. The maximum atomic E-state index is 9.47. The first kappa shape index (κ1) is 7.56. The van der Waals surface area contributed by atoms with E-state index in [9.17, 15) is 4.91 Å². The third-order valence-electron chi connectivity index (χ3n) is 0.440. The molecule has 0 radical (unpaired) electrons. The van der Waals surface area contributed by atoms with Crippen molar-refractivity contribution in [3.8, 4) is 0 Å². The van der Waals surface area contributed by atoms with Crippen LogP contribution in [-0.2, 0) is 0 Å². The Kier molecular flexibility index (Phi) is 5.09. The Balaban J connectivity index is 2.98. The third-order valence-corrected chi connectivity index (χ3v) is 2.70. The first-order valence-electron chi connectivity index (χ1n) is 1.80. The quantitative estimate of drug-likeness (QED) is 0.538. The molecule has 0 fully saturated rings. The van der Waals surface area contributed by atoms with E-state index in [1.807, 2.05) is 0 Å². The van der Waals surface area contributed by atoms with Crippen molar-refractivity contribution in [2.75, 3.05) is 11.9 Å². The second-order valence-corrected chi connectivity index (χ2v) is 3.01. The van der Waals surface area contributed by atoms with Gasteiger partial charge in [0.15, 0.2) is 0 Å². The molecular weight excluding hydrogens is 226 g/mol. The minimum atomic E-state index is 0.199. The van der Waals surface area contributed by atoms with Gasteiger partial charge < -0.3 is 0 Å². The molecule has 0 aromatic rings. The summed E-state index contributed by atoms with van der Waals surface area (Å²) in [6.45, 7) is 0.339. The summed E-state index contributed by atoms with van der Waals surface area (Å²) in [4.78, 5) is 9.67. The Morgan fingerprint density at radius 3 is 2.43 bits per heavy atom. The fourth-order valence-electron chi connectivity index (χ4n) is 0.130. The molecule has 0 N–H and O–H groups in total. The van der Waals surface area contributed by atoms with Crippen LogP contribution in [0.25, 0.3) is 0 Å². The number of halogens is 2. The molecule has 0 bridgehead atoms. The number of nitroso groups, excluding NO2 is 1. The molecule has 1 unspecified atom stereocenters. The molecule has 0 spiro atoms. The zero-order chi connectivity index (χ0) is 5.70. The maximum absolute atomic E-state index is 9.47. The molecule has 1 atom stereocenters. The van der Waals surface area contributed by atoms with Gasteiger partial charge in [-0.15, -0.1) is 0 Å². The summed E-state index contributed by atoms with van der Waals surface area (Å²) in [7, 11) is 0. The zero-order valence-electron chi connectivity index (χ0n) is 3.60. The number of nitrogens with zero attached hydrogens (tertiary/aromatic N) is 1. The van der Waals surface area contributed by atoms with Crippen molar-refractivity contribution in [1.29, 1.82) is 0 Å². The number of hydrogen-bond donors (Lipinski definition) is 0. The smallest absolute Gasteiger partial charge is 0.0944 e. The van der Waals surface area contributed by atoms with E-state index in [2.05, 4.69) is 37.0 Å². The molecule has 0 heterocycles. The van der Waals surface area contributed by atoms with Gasteiger partial charge in [-0.05, 0) is 0 Å². The Bertz CT molecular complexity index is 58.9. The molecule has 0 rings (SSSR count). The predicted molar refractivity (Wildman–Crippen MR) is 37.2 cm³/mol. The lowest BCUT2D eigenvalue weighted by atomic mass is 10.5. The van der Waals surface area contributed by atoms with Crippen LogP contribution < -0.4 is 0 Å². The summed E-state index contributed by atoms with van der Waals surface area (Å²) in [5, 5.41) is 3.46. The second kappa shape index (κ2) is 4.71. The monoisotopic (exact) mass is 229 g/mol. The first-order valence-corrected chi connectivity index (χ1v) is 3.84. The normalized spacial score (nSPS) is 13.4. The minimum absolute atomic E-state index is 0.199. The van der Waals surface area contributed by atoms with Crippen molar-refractivity contribution >= 4 is 31.9 Å². The van der Waals surface area contributed by atoms with E-state index in [0.29, 0.717) is 6.54 Å². The second-order valence-electron chi connectivity index (χ2n) is 1.06. The van der Waals surface area contributed by atoms with Crippen LogP contribution in [0.3, 0.4) is 0 Å². The lowest BCUT2D eigenvalue weighted by Gasteiger charge is -1.93. The van der Waals surface area contributed by atoms with Crippen LogP contribution in [0.15, 0.2) is 5.18 Å². The summed E-state index contributed by atoms with van der Waals surface area (Å²) in [6, 6.07) is 0. The topological polar surface area (TPSA) is 29.4 Å². The Morgan fingerprint density at radius 1 is 1.71 bits per heavy atom. The molecule has 0 aliphatic carbocycles. The molecule has 0 amide bonds. The van der Waals surface area contributed by atoms with Gasteiger partial charge in [-0.3, -0.25) is 0 Å². The molecule has 7 heavy (non-hydrogen) atoms. The molecule has 0 aromatic carbocycles. The van der Waals surface area contributed by atoms with Crippen LogP contribution in [0.1, 0.15) is 0 Å². The molecule has 42 valence electrons. The average Bonchev–Trinajstić information content (AvgIpc) is 1.68. The lowest BCUT2D eigenvalue weighted by Crippen LogP contribution is -2.01. The van der Waals surface area contributed by atoms with Gasteiger partial charge in [0.2, 0.25) is 0 Å². The summed E-state index contributed by atoms with van der Waals surface area (Å²) >= 11 is 6.37. The molecule has 0 aliphatic heterocycles. The minimum Gasteiger partial charge on any atom is -0.151 e. The van der Waals surface area contributed by atoms with Crippen LogP contribution in [0.5, 0.6) is 0 Å². The summed E-state index contributed by atoms with van der Waals surface area (Å²) in [6.07, 6.45) is 0. The molecule has 4 heteroatoms. The van der Waals surface area contributed by atoms with Crippen LogP contribution >= 0.6 is 31.9 Å². The Hall–Kier alpha value is 0.560. The van der Waals surface area contributed by atoms with Gasteiger partial charge in [0.05, 0.1) is 6.54 Å². The first-order chi connectivity index (χ1) is 3.31. The maximum Gasteiger partial charge on any atom is 0.0944 e. The van der Waals surface area contributed by atoms with Crippen molar-refractivity contribution in [2.24, 2.45) is 5.18 Å². The SMILES string of the molecule is O=NCC(Br)CBr. The van der Waals surface area contributed by atoms with Crippen molar-refractivity contribution in [2.45, 2.75) is 4.83 Å². The highest BCUT2D eigenvalue weighted by Gasteiger charge is 1.97. The average molecular weight is 231 g/mol. The van der Waals surface area contributed by atoms with Crippen LogP contribution in [-0.4, -0.2) is 16.7 Å². The van der Waals surface area contributed by atoms with Crippen molar-refractivity contribution in [3.05, 3.63) is 4.91 Å². The number of alkyl halides is 2. The van der Waals surface area contributed by atoms with Crippen LogP contribution in [0, 0.1) is 4.91 Å². The van der Waals surface area contributed by atoms with E-state index >= 15 is 0 Å². The van der Waals surface area contributed by atoms with Gasteiger partial charge in [0.1, 0.15) is 0 Å². The Labute approximate surface area is 58.9 Å². The highest BCUT2D eigenvalue weighted by Crippen LogP contribution is 2.02. The molecule has 0 aromatic heterocycles. The Morgan fingerprint density at radius 2 is 2.29 bits per heavy atom. The highest BCUT2D eigenvalue weighted by molar-refractivity contribution is 9.12.